The van der Waals surface area contributed by atoms with Crippen LogP contribution >= 0.6 is 0 Å². The Morgan fingerprint density at radius 2 is 1.95 bits per heavy atom. The number of hydrogen-bond acceptors (Lipinski definition) is 4. The van der Waals surface area contributed by atoms with Crippen molar-refractivity contribution in [3.05, 3.63) is 35.9 Å². The molecule has 0 radical (unpaired) electrons. The van der Waals surface area contributed by atoms with Crippen LogP contribution in [-0.2, 0) is 16.1 Å². The van der Waals surface area contributed by atoms with E-state index in [0.717, 1.165) is 5.56 Å². The number of carboxylic acid groups (broad SMARTS) is 1. The lowest BCUT2D eigenvalue weighted by Crippen LogP contribution is -2.54. The van der Waals surface area contributed by atoms with Crippen LogP contribution in [0.15, 0.2) is 30.3 Å². The number of nitrogens with one attached hydrogen (secondary N) is 1. The summed E-state index contributed by atoms with van der Waals surface area (Å²) in [7, 11) is 0. The highest BCUT2D eigenvalue weighted by Crippen LogP contribution is 2.19. The van der Waals surface area contributed by atoms with Crippen LogP contribution < -0.4 is 11.1 Å². The summed E-state index contributed by atoms with van der Waals surface area (Å²) in [5.74, 6) is -1.77. The molecule has 0 saturated carbocycles. The normalized spacial score (nSPS) is 13.5. The standard InChI is InChI=1S/C14H18F2N2O4/c15-11(16)14(17,12(19)20)7-4-8-18-13(21)22-9-10-5-2-1-3-6-10/h1-3,5-6,11H,4,7-9,17H2,(H,18,21)(H,19,20). The number of carboxylic acids is 1. The van der Waals surface area contributed by atoms with Gasteiger partial charge in [-0.05, 0) is 18.4 Å². The van der Waals surface area contributed by atoms with Crippen molar-refractivity contribution in [1.82, 2.24) is 5.32 Å². The van der Waals surface area contributed by atoms with Gasteiger partial charge in [0, 0.05) is 6.54 Å². The maximum Gasteiger partial charge on any atom is 0.407 e. The fourth-order valence-corrected chi connectivity index (χ4v) is 1.65. The van der Waals surface area contributed by atoms with Crippen molar-refractivity contribution in [3.63, 3.8) is 0 Å². The smallest absolute Gasteiger partial charge is 0.407 e. The van der Waals surface area contributed by atoms with E-state index in [1.807, 2.05) is 6.07 Å². The van der Waals surface area contributed by atoms with Gasteiger partial charge in [0.2, 0.25) is 0 Å². The van der Waals surface area contributed by atoms with Gasteiger partial charge in [0.25, 0.3) is 6.43 Å². The highest BCUT2D eigenvalue weighted by atomic mass is 19.3. The average molecular weight is 316 g/mol. The zero-order chi connectivity index (χ0) is 16.6. The summed E-state index contributed by atoms with van der Waals surface area (Å²) in [5.41, 5.74) is 3.35. The maximum atomic E-state index is 12.6. The number of alkyl halides is 2. The number of ether oxygens (including phenoxy) is 1. The molecule has 1 unspecified atom stereocenters. The number of nitrogens with two attached hydrogens (primary N) is 1. The van der Waals surface area contributed by atoms with Gasteiger partial charge in [0.15, 0.2) is 5.54 Å². The first-order valence-corrected chi connectivity index (χ1v) is 6.61. The molecular weight excluding hydrogens is 298 g/mol. The predicted molar refractivity (Wildman–Crippen MR) is 74.4 cm³/mol. The average Bonchev–Trinajstić information content (AvgIpc) is 2.49. The van der Waals surface area contributed by atoms with E-state index < -0.39 is 30.4 Å². The summed E-state index contributed by atoms with van der Waals surface area (Å²) in [6, 6.07) is 8.99. The Balaban J connectivity index is 2.26. The van der Waals surface area contributed by atoms with E-state index in [4.69, 9.17) is 15.6 Å². The zero-order valence-electron chi connectivity index (χ0n) is 11.8. The minimum atomic E-state index is -3.19. The molecule has 1 aromatic rings. The molecule has 0 aliphatic heterocycles. The van der Waals surface area contributed by atoms with Crippen LogP contribution in [0.25, 0.3) is 0 Å². The van der Waals surface area contributed by atoms with Crippen molar-refractivity contribution in [2.75, 3.05) is 6.54 Å². The molecular formula is C14H18F2N2O4. The van der Waals surface area contributed by atoms with Crippen molar-refractivity contribution >= 4 is 12.1 Å². The molecule has 1 atom stereocenters. The Morgan fingerprint density at radius 3 is 2.50 bits per heavy atom. The van der Waals surface area contributed by atoms with Crippen LogP contribution in [0, 0.1) is 0 Å². The highest BCUT2D eigenvalue weighted by molar-refractivity contribution is 5.79. The molecule has 122 valence electrons. The number of hydrogen-bond donors (Lipinski definition) is 3. The van der Waals surface area contributed by atoms with Gasteiger partial charge in [-0.15, -0.1) is 0 Å². The predicted octanol–water partition coefficient (Wildman–Crippen LogP) is 1.74. The molecule has 6 nitrogen and oxygen atoms in total. The molecule has 8 heteroatoms. The summed E-state index contributed by atoms with van der Waals surface area (Å²) in [5, 5.41) is 11.1. The number of amides is 1. The second-order valence-electron chi connectivity index (χ2n) is 4.74. The lowest BCUT2D eigenvalue weighted by Gasteiger charge is -2.23. The van der Waals surface area contributed by atoms with Crippen LogP contribution in [0.1, 0.15) is 18.4 Å². The van der Waals surface area contributed by atoms with Crippen LogP contribution in [0.4, 0.5) is 13.6 Å². The highest BCUT2D eigenvalue weighted by Gasteiger charge is 2.43. The van der Waals surface area contributed by atoms with E-state index >= 15 is 0 Å². The molecule has 0 aromatic heterocycles. The molecule has 4 N–H and O–H groups in total. The molecule has 1 aromatic carbocycles. The Morgan fingerprint density at radius 1 is 1.32 bits per heavy atom. The third kappa shape index (κ3) is 5.28. The number of carbonyl (C=O) groups is 2. The molecule has 1 rings (SSSR count). The third-order valence-corrected chi connectivity index (χ3v) is 3.04. The third-order valence-electron chi connectivity index (χ3n) is 3.04. The molecule has 1 amide bonds. The summed E-state index contributed by atoms with van der Waals surface area (Å²) in [6.07, 6.45) is -4.36. The van der Waals surface area contributed by atoms with Gasteiger partial charge in [0.1, 0.15) is 6.61 Å². The van der Waals surface area contributed by atoms with Gasteiger partial charge < -0.3 is 20.9 Å². The first kappa shape index (κ1) is 17.8. The summed E-state index contributed by atoms with van der Waals surface area (Å²) in [4.78, 5) is 22.1. The summed E-state index contributed by atoms with van der Waals surface area (Å²) in [6.45, 7) is 0.0756. The van der Waals surface area contributed by atoms with E-state index in [0.29, 0.717) is 0 Å². The zero-order valence-corrected chi connectivity index (χ0v) is 11.8. The van der Waals surface area contributed by atoms with Gasteiger partial charge in [0.05, 0.1) is 0 Å². The second kappa shape index (κ2) is 8.28. The molecule has 0 heterocycles. The summed E-state index contributed by atoms with van der Waals surface area (Å²) >= 11 is 0. The Hall–Kier alpha value is -2.22. The Labute approximate surface area is 126 Å². The SMILES string of the molecule is NC(CCCNC(=O)OCc1ccccc1)(C(=O)O)C(F)F. The molecule has 0 spiro atoms. The fraction of sp³-hybridized carbons (Fsp3) is 0.429. The number of rotatable bonds is 8. The fourth-order valence-electron chi connectivity index (χ4n) is 1.65. The molecule has 0 aliphatic carbocycles. The van der Waals surface area contributed by atoms with E-state index in [2.05, 4.69) is 5.32 Å². The van der Waals surface area contributed by atoms with Crippen molar-refractivity contribution in [3.8, 4) is 0 Å². The largest absolute Gasteiger partial charge is 0.480 e. The first-order valence-electron chi connectivity index (χ1n) is 6.61. The molecule has 22 heavy (non-hydrogen) atoms. The van der Waals surface area contributed by atoms with Gasteiger partial charge >= 0.3 is 12.1 Å². The Bertz CT molecular complexity index is 499. The minimum absolute atomic E-state index is 0.00637. The number of carbonyl (C=O) groups excluding carboxylic acids is 1. The number of halogens is 2. The lowest BCUT2D eigenvalue weighted by atomic mass is 9.95. The van der Waals surface area contributed by atoms with Gasteiger partial charge in [-0.25, -0.2) is 18.4 Å². The van der Waals surface area contributed by atoms with Gasteiger partial charge in [-0.3, -0.25) is 0 Å². The monoisotopic (exact) mass is 316 g/mol. The minimum Gasteiger partial charge on any atom is -0.480 e. The van der Waals surface area contributed by atoms with Crippen molar-refractivity contribution in [2.24, 2.45) is 5.73 Å². The quantitative estimate of drug-likeness (QED) is 0.634. The molecule has 0 fully saturated rings. The topological polar surface area (TPSA) is 102 Å². The molecule has 0 bridgehead atoms. The van der Waals surface area contributed by atoms with E-state index in [1.165, 1.54) is 0 Å². The van der Waals surface area contributed by atoms with Crippen molar-refractivity contribution in [1.29, 1.82) is 0 Å². The van der Waals surface area contributed by atoms with E-state index in [-0.39, 0.29) is 19.6 Å². The van der Waals surface area contributed by atoms with Gasteiger partial charge in [-0.1, -0.05) is 30.3 Å². The van der Waals surface area contributed by atoms with Crippen molar-refractivity contribution in [2.45, 2.75) is 31.4 Å². The van der Waals surface area contributed by atoms with Crippen LogP contribution in [-0.4, -0.2) is 35.7 Å². The number of aliphatic carboxylic acids is 1. The van der Waals surface area contributed by atoms with Crippen LogP contribution in [0.3, 0.4) is 0 Å². The van der Waals surface area contributed by atoms with Crippen LogP contribution in [0.5, 0.6) is 0 Å². The molecule has 0 saturated heterocycles. The second-order valence-corrected chi connectivity index (χ2v) is 4.74. The van der Waals surface area contributed by atoms with Gasteiger partial charge in [-0.2, -0.15) is 0 Å². The molecule has 0 aliphatic rings. The Kier molecular flexibility index (Phi) is 6.71. The van der Waals surface area contributed by atoms with E-state index in [9.17, 15) is 18.4 Å². The first-order chi connectivity index (χ1) is 10.4. The summed E-state index contributed by atoms with van der Waals surface area (Å²) < 4.78 is 30.1. The lowest BCUT2D eigenvalue weighted by molar-refractivity contribution is -0.150. The number of benzene rings is 1. The van der Waals surface area contributed by atoms with E-state index in [1.54, 1.807) is 24.3 Å². The van der Waals surface area contributed by atoms with Crippen molar-refractivity contribution < 1.29 is 28.2 Å². The maximum absolute atomic E-state index is 12.6. The van der Waals surface area contributed by atoms with Crippen LogP contribution in [0.2, 0.25) is 0 Å². The number of alkyl carbamates (subject to hydrolysis) is 1.